The van der Waals surface area contributed by atoms with Crippen molar-refractivity contribution in [3.05, 3.63) is 29.8 Å². The van der Waals surface area contributed by atoms with Crippen LogP contribution >= 0.6 is 0 Å². The van der Waals surface area contributed by atoms with E-state index in [0.29, 0.717) is 36.9 Å². The zero-order valence-electron chi connectivity index (χ0n) is 15.5. The van der Waals surface area contributed by atoms with Crippen molar-refractivity contribution in [2.24, 2.45) is 5.92 Å². The third-order valence-electron chi connectivity index (χ3n) is 4.52. The lowest BCUT2D eigenvalue weighted by molar-refractivity contribution is -0.0963. The zero-order chi connectivity index (χ0) is 17.5. The van der Waals surface area contributed by atoms with Gasteiger partial charge in [0.25, 0.3) is 5.91 Å². The number of benzene rings is 1. The van der Waals surface area contributed by atoms with Gasteiger partial charge >= 0.3 is 0 Å². The summed E-state index contributed by atoms with van der Waals surface area (Å²) in [6.07, 6.45) is 3.52. The van der Waals surface area contributed by atoms with Gasteiger partial charge in [-0.2, -0.15) is 0 Å². The first-order valence-electron chi connectivity index (χ1n) is 9.23. The van der Waals surface area contributed by atoms with Crippen molar-refractivity contribution in [2.45, 2.75) is 59.2 Å². The summed E-state index contributed by atoms with van der Waals surface area (Å²) in [5, 5.41) is 0. The molecule has 134 valence electrons. The van der Waals surface area contributed by atoms with Gasteiger partial charge < -0.3 is 14.4 Å². The molecule has 1 aromatic rings. The zero-order valence-corrected chi connectivity index (χ0v) is 15.5. The van der Waals surface area contributed by atoms with Crippen molar-refractivity contribution in [1.29, 1.82) is 0 Å². The number of amides is 1. The Balaban J connectivity index is 2.17. The Bertz CT molecular complexity index is 529. The summed E-state index contributed by atoms with van der Waals surface area (Å²) in [5.74, 6) is 1.11. The molecule has 24 heavy (non-hydrogen) atoms. The van der Waals surface area contributed by atoms with Crippen LogP contribution in [0.15, 0.2) is 24.3 Å². The monoisotopic (exact) mass is 333 g/mol. The third kappa shape index (κ3) is 4.73. The topological polar surface area (TPSA) is 38.8 Å². The second-order valence-corrected chi connectivity index (χ2v) is 6.82. The highest BCUT2D eigenvalue weighted by Gasteiger charge is 2.33. The number of unbranched alkanes of at least 4 members (excludes halogenated alkanes) is 1. The SMILES string of the molecule is CCCC[C@@H]1CN(C(=O)c2ccccc2OCC)C[C@H](C(C)C)O1. The average Bonchev–Trinajstić information content (AvgIpc) is 2.59. The number of hydrogen-bond acceptors (Lipinski definition) is 3. The summed E-state index contributed by atoms with van der Waals surface area (Å²) in [6, 6.07) is 7.52. The van der Waals surface area contributed by atoms with E-state index in [2.05, 4.69) is 20.8 Å². The van der Waals surface area contributed by atoms with Crippen LogP contribution in [-0.4, -0.2) is 42.7 Å². The molecule has 1 aliphatic heterocycles. The van der Waals surface area contributed by atoms with E-state index in [0.717, 1.165) is 19.3 Å². The molecule has 0 spiro atoms. The van der Waals surface area contributed by atoms with Crippen LogP contribution in [0.5, 0.6) is 5.75 Å². The molecule has 1 fully saturated rings. The number of ether oxygens (including phenoxy) is 2. The molecule has 0 aromatic heterocycles. The van der Waals surface area contributed by atoms with Gasteiger partial charge in [0.1, 0.15) is 5.75 Å². The summed E-state index contributed by atoms with van der Waals surface area (Å²) in [6.45, 7) is 10.3. The van der Waals surface area contributed by atoms with Crippen LogP contribution in [0, 0.1) is 5.92 Å². The molecule has 0 unspecified atom stereocenters. The fourth-order valence-electron chi connectivity index (χ4n) is 3.09. The van der Waals surface area contributed by atoms with Gasteiger partial charge in [0.05, 0.1) is 24.4 Å². The van der Waals surface area contributed by atoms with E-state index in [1.54, 1.807) is 0 Å². The van der Waals surface area contributed by atoms with Gasteiger partial charge in [-0.1, -0.05) is 45.7 Å². The van der Waals surface area contributed by atoms with Gasteiger partial charge in [-0.05, 0) is 31.4 Å². The van der Waals surface area contributed by atoms with E-state index in [1.165, 1.54) is 0 Å². The van der Waals surface area contributed by atoms with E-state index < -0.39 is 0 Å². The average molecular weight is 333 g/mol. The van der Waals surface area contributed by atoms with Crippen LogP contribution in [-0.2, 0) is 4.74 Å². The highest BCUT2D eigenvalue weighted by molar-refractivity contribution is 5.97. The number of carbonyl (C=O) groups excluding carboxylic acids is 1. The molecule has 1 saturated heterocycles. The lowest BCUT2D eigenvalue weighted by Crippen LogP contribution is -2.51. The van der Waals surface area contributed by atoms with Gasteiger partial charge in [0.2, 0.25) is 0 Å². The maximum atomic E-state index is 13.1. The molecule has 0 bridgehead atoms. The highest BCUT2D eigenvalue weighted by atomic mass is 16.5. The molecular weight excluding hydrogens is 302 g/mol. The smallest absolute Gasteiger partial charge is 0.257 e. The maximum absolute atomic E-state index is 13.1. The summed E-state index contributed by atoms with van der Waals surface area (Å²) < 4.78 is 11.9. The van der Waals surface area contributed by atoms with E-state index in [1.807, 2.05) is 36.1 Å². The van der Waals surface area contributed by atoms with Gasteiger partial charge in [-0.25, -0.2) is 0 Å². The van der Waals surface area contributed by atoms with Crippen molar-refractivity contribution in [2.75, 3.05) is 19.7 Å². The number of para-hydroxylation sites is 1. The predicted molar refractivity (Wildman–Crippen MR) is 96.5 cm³/mol. The van der Waals surface area contributed by atoms with Crippen LogP contribution in [0.2, 0.25) is 0 Å². The Morgan fingerprint density at radius 3 is 2.71 bits per heavy atom. The summed E-state index contributed by atoms with van der Waals surface area (Å²) in [5.41, 5.74) is 0.651. The van der Waals surface area contributed by atoms with Gasteiger partial charge in [-0.15, -0.1) is 0 Å². The quantitative estimate of drug-likeness (QED) is 0.753. The highest BCUT2D eigenvalue weighted by Crippen LogP contribution is 2.25. The second kappa shape index (κ2) is 9.07. The maximum Gasteiger partial charge on any atom is 0.257 e. The first-order valence-corrected chi connectivity index (χ1v) is 9.23. The van der Waals surface area contributed by atoms with E-state index in [4.69, 9.17) is 9.47 Å². The van der Waals surface area contributed by atoms with Crippen LogP contribution in [0.4, 0.5) is 0 Å². The molecule has 2 rings (SSSR count). The van der Waals surface area contributed by atoms with Gasteiger partial charge in [-0.3, -0.25) is 4.79 Å². The number of morpholine rings is 1. The molecule has 4 nitrogen and oxygen atoms in total. The molecular formula is C20H31NO3. The molecule has 0 saturated carbocycles. The summed E-state index contributed by atoms with van der Waals surface area (Å²) in [7, 11) is 0. The molecule has 2 atom stereocenters. The number of hydrogen-bond donors (Lipinski definition) is 0. The molecule has 0 aliphatic carbocycles. The Morgan fingerprint density at radius 1 is 1.29 bits per heavy atom. The lowest BCUT2D eigenvalue weighted by Gasteiger charge is -2.40. The molecule has 1 heterocycles. The minimum absolute atomic E-state index is 0.0505. The first kappa shape index (κ1) is 18.8. The standard InChI is InChI=1S/C20H31NO3/c1-5-7-10-16-13-21(14-19(24-16)15(3)4)20(22)17-11-8-9-12-18(17)23-6-2/h8-9,11-12,15-16,19H,5-7,10,13-14H2,1-4H3/t16-,19-/m1/s1. The normalized spacial score (nSPS) is 21.1. The van der Waals surface area contributed by atoms with E-state index >= 15 is 0 Å². The Hall–Kier alpha value is -1.55. The molecule has 1 aromatic carbocycles. The fraction of sp³-hybridized carbons (Fsp3) is 0.650. The van der Waals surface area contributed by atoms with Crippen LogP contribution < -0.4 is 4.74 Å². The second-order valence-electron chi connectivity index (χ2n) is 6.82. The minimum atomic E-state index is 0.0505. The number of carbonyl (C=O) groups is 1. The van der Waals surface area contributed by atoms with E-state index in [9.17, 15) is 4.79 Å². The molecule has 1 amide bonds. The van der Waals surface area contributed by atoms with Crippen LogP contribution in [0.1, 0.15) is 57.3 Å². The minimum Gasteiger partial charge on any atom is -0.493 e. The molecule has 1 aliphatic rings. The summed E-state index contributed by atoms with van der Waals surface area (Å²) >= 11 is 0. The molecule has 0 radical (unpaired) electrons. The predicted octanol–water partition coefficient (Wildman–Crippen LogP) is 4.14. The van der Waals surface area contributed by atoms with Crippen LogP contribution in [0.3, 0.4) is 0 Å². The third-order valence-corrected chi connectivity index (χ3v) is 4.52. The number of rotatable bonds is 7. The van der Waals surface area contributed by atoms with Crippen molar-refractivity contribution < 1.29 is 14.3 Å². The Kier molecular flexibility index (Phi) is 7.10. The largest absolute Gasteiger partial charge is 0.493 e. The number of nitrogens with zero attached hydrogens (tertiary/aromatic N) is 1. The summed E-state index contributed by atoms with van der Waals surface area (Å²) in [4.78, 5) is 15.0. The van der Waals surface area contributed by atoms with Crippen LogP contribution in [0.25, 0.3) is 0 Å². The van der Waals surface area contributed by atoms with Crippen molar-refractivity contribution >= 4 is 5.91 Å². The Labute approximate surface area is 146 Å². The van der Waals surface area contributed by atoms with Crippen molar-refractivity contribution in [3.8, 4) is 5.75 Å². The molecule has 0 N–H and O–H groups in total. The first-order chi connectivity index (χ1) is 11.6. The fourth-order valence-corrected chi connectivity index (χ4v) is 3.09. The lowest BCUT2D eigenvalue weighted by atomic mass is 10.0. The van der Waals surface area contributed by atoms with Crippen molar-refractivity contribution in [1.82, 2.24) is 4.90 Å². The van der Waals surface area contributed by atoms with E-state index in [-0.39, 0.29) is 18.1 Å². The van der Waals surface area contributed by atoms with Crippen molar-refractivity contribution in [3.63, 3.8) is 0 Å². The van der Waals surface area contributed by atoms with Gasteiger partial charge in [0, 0.05) is 13.1 Å². The molecule has 4 heteroatoms. The Morgan fingerprint density at radius 2 is 2.04 bits per heavy atom. The van der Waals surface area contributed by atoms with Gasteiger partial charge in [0.15, 0.2) is 0 Å².